The third kappa shape index (κ3) is 7.38. The van der Waals surface area contributed by atoms with E-state index < -0.39 is 11.8 Å². The molecule has 1 heterocycles. The molecule has 1 aromatic heterocycles. The molecule has 0 saturated heterocycles. The number of rotatable bonds is 11. The lowest BCUT2D eigenvalue weighted by atomic mass is 9.96. The normalized spacial score (nSPS) is 11.2. The van der Waals surface area contributed by atoms with Crippen LogP contribution in [0.5, 0.6) is 11.6 Å². The lowest BCUT2D eigenvalue weighted by molar-refractivity contribution is -0.140. The molecule has 0 atom stereocenters. The van der Waals surface area contributed by atoms with Crippen molar-refractivity contribution in [3.63, 3.8) is 0 Å². The third-order valence-electron chi connectivity index (χ3n) is 6.30. The van der Waals surface area contributed by atoms with Crippen LogP contribution in [0.4, 0.5) is 4.39 Å². The van der Waals surface area contributed by atoms with Gasteiger partial charge in [-0.1, -0.05) is 18.2 Å². The number of aryl methyl sites for hydroxylation is 1. The maximum Gasteiger partial charge on any atom is 0.343 e. The Morgan fingerprint density at radius 2 is 1.71 bits per heavy atom. The number of pyridine rings is 1. The molecule has 3 rings (SSSR count). The Kier molecular flexibility index (Phi) is 9.96. The van der Waals surface area contributed by atoms with Crippen LogP contribution in [0.15, 0.2) is 54.7 Å². The van der Waals surface area contributed by atoms with E-state index in [-0.39, 0.29) is 24.5 Å². The van der Waals surface area contributed by atoms with E-state index in [0.717, 1.165) is 17.3 Å². The predicted octanol–water partition coefficient (Wildman–Crippen LogP) is 5.84. The van der Waals surface area contributed by atoms with Gasteiger partial charge in [-0.15, -0.1) is 0 Å². The number of halogens is 1. The van der Waals surface area contributed by atoms with Crippen LogP contribution < -0.4 is 9.47 Å². The van der Waals surface area contributed by atoms with Crippen LogP contribution in [0.3, 0.4) is 0 Å². The number of benzene rings is 2. The van der Waals surface area contributed by atoms with Crippen molar-refractivity contribution < 1.29 is 28.2 Å². The number of hydrogen-bond acceptors (Lipinski definition) is 7. The van der Waals surface area contributed by atoms with Crippen LogP contribution in [0.2, 0.25) is 0 Å². The second-order valence-corrected chi connectivity index (χ2v) is 9.55. The Balaban J connectivity index is 1.95. The molecule has 202 valence electrons. The zero-order valence-corrected chi connectivity index (χ0v) is 22.8. The quantitative estimate of drug-likeness (QED) is 0.231. The highest BCUT2D eigenvalue weighted by molar-refractivity contribution is 5.92. The van der Waals surface area contributed by atoms with Gasteiger partial charge in [0.15, 0.2) is 0 Å². The van der Waals surface area contributed by atoms with E-state index >= 15 is 0 Å². The van der Waals surface area contributed by atoms with Crippen LogP contribution in [-0.2, 0) is 22.5 Å². The van der Waals surface area contributed by atoms with E-state index in [0.29, 0.717) is 41.3 Å². The summed E-state index contributed by atoms with van der Waals surface area (Å²) < 4.78 is 30.5. The monoisotopic (exact) mass is 522 g/mol. The molecule has 0 saturated carbocycles. The summed E-state index contributed by atoms with van der Waals surface area (Å²) in [6.07, 6.45) is 1.84. The lowest BCUT2D eigenvalue weighted by Gasteiger charge is -2.31. The van der Waals surface area contributed by atoms with E-state index in [2.05, 4.69) is 37.6 Å². The highest BCUT2D eigenvalue weighted by Gasteiger charge is 2.21. The lowest BCUT2D eigenvalue weighted by Crippen LogP contribution is -2.36. The van der Waals surface area contributed by atoms with Crippen LogP contribution in [0, 0.1) is 5.82 Å². The van der Waals surface area contributed by atoms with Crippen molar-refractivity contribution in [1.82, 2.24) is 9.88 Å². The van der Waals surface area contributed by atoms with Crippen molar-refractivity contribution in [2.24, 2.45) is 0 Å². The Bertz CT molecular complexity index is 1270. The Labute approximate surface area is 223 Å². The fourth-order valence-electron chi connectivity index (χ4n) is 4.29. The minimum Gasteiger partial charge on any atom is -0.481 e. The van der Waals surface area contributed by atoms with Gasteiger partial charge in [-0.2, -0.15) is 0 Å². The fourth-order valence-corrected chi connectivity index (χ4v) is 4.29. The minimum absolute atomic E-state index is 0.225. The molecular formula is C30H35FN2O5. The number of nitrogens with zero attached hydrogens (tertiary/aromatic N) is 2. The Morgan fingerprint density at radius 1 is 0.974 bits per heavy atom. The standard InChI is InChI=1S/C30H35FN2O5/c1-19(2)33(20(3)4)18-23-15-22(11-12-25(23)26-16-28(36-5)32-17-27(26)31)30(35)38-24-9-7-8-21(14-24)10-13-29(34)37-6/h7-9,11-12,14-17,19-20H,10,13,18H2,1-6H3. The summed E-state index contributed by atoms with van der Waals surface area (Å²) >= 11 is 0. The van der Waals surface area contributed by atoms with Crippen molar-refractivity contribution in [2.45, 2.75) is 59.2 Å². The first kappa shape index (κ1) is 28.8. The zero-order chi connectivity index (χ0) is 27.8. The largest absolute Gasteiger partial charge is 0.481 e. The van der Waals surface area contributed by atoms with Crippen LogP contribution in [0.25, 0.3) is 11.1 Å². The van der Waals surface area contributed by atoms with Crippen LogP contribution in [0.1, 0.15) is 55.6 Å². The molecule has 8 heteroatoms. The maximum atomic E-state index is 14.9. The number of carbonyl (C=O) groups excluding carboxylic acids is 2. The Morgan fingerprint density at radius 3 is 2.37 bits per heavy atom. The number of ether oxygens (including phenoxy) is 3. The summed E-state index contributed by atoms with van der Waals surface area (Å²) in [5, 5.41) is 0. The van der Waals surface area contributed by atoms with Gasteiger partial charge in [0, 0.05) is 36.7 Å². The maximum absolute atomic E-state index is 14.9. The molecule has 0 N–H and O–H groups in total. The molecule has 0 unspecified atom stereocenters. The number of esters is 2. The molecule has 0 bridgehead atoms. The van der Waals surface area contributed by atoms with Gasteiger partial charge in [0.25, 0.3) is 0 Å². The molecule has 0 fully saturated rings. The van der Waals surface area contributed by atoms with Gasteiger partial charge in [-0.3, -0.25) is 9.69 Å². The van der Waals surface area contributed by atoms with Crippen molar-refractivity contribution >= 4 is 11.9 Å². The van der Waals surface area contributed by atoms with Gasteiger partial charge in [0.2, 0.25) is 5.88 Å². The molecule has 38 heavy (non-hydrogen) atoms. The number of hydrogen-bond donors (Lipinski definition) is 0. The molecule has 0 amide bonds. The molecule has 0 radical (unpaired) electrons. The number of aromatic nitrogens is 1. The average Bonchev–Trinajstić information content (AvgIpc) is 2.90. The summed E-state index contributed by atoms with van der Waals surface area (Å²) in [6.45, 7) is 8.89. The smallest absolute Gasteiger partial charge is 0.343 e. The van der Waals surface area contributed by atoms with E-state index in [1.54, 1.807) is 42.5 Å². The van der Waals surface area contributed by atoms with Gasteiger partial charge in [-0.25, -0.2) is 14.2 Å². The first-order valence-electron chi connectivity index (χ1n) is 12.6. The SMILES string of the molecule is COC(=O)CCc1cccc(OC(=O)c2ccc(-c3cc(OC)ncc3F)c(CN(C(C)C)C(C)C)c2)c1. The topological polar surface area (TPSA) is 78.0 Å². The van der Waals surface area contributed by atoms with Crippen LogP contribution >= 0.6 is 0 Å². The second-order valence-electron chi connectivity index (χ2n) is 9.55. The average molecular weight is 523 g/mol. The van der Waals surface area contributed by atoms with Crippen molar-refractivity contribution in [2.75, 3.05) is 14.2 Å². The Hall–Kier alpha value is -3.78. The highest BCUT2D eigenvalue weighted by Crippen LogP contribution is 2.31. The minimum atomic E-state index is -0.531. The summed E-state index contributed by atoms with van der Waals surface area (Å²) in [6, 6.07) is 14.2. The molecule has 0 spiro atoms. The number of methoxy groups -OCH3 is 2. The van der Waals surface area contributed by atoms with Gasteiger partial charge in [0.1, 0.15) is 11.6 Å². The van der Waals surface area contributed by atoms with E-state index in [1.165, 1.54) is 14.2 Å². The zero-order valence-electron chi connectivity index (χ0n) is 22.8. The molecule has 0 aliphatic heterocycles. The first-order chi connectivity index (χ1) is 18.1. The third-order valence-corrected chi connectivity index (χ3v) is 6.30. The summed E-state index contributed by atoms with van der Waals surface area (Å²) in [5.41, 5.74) is 2.97. The molecule has 3 aromatic rings. The van der Waals surface area contributed by atoms with Crippen molar-refractivity contribution in [1.29, 1.82) is 0 Å². The number of carbonyl (C=O) groups is 2. The van der Waals surface area contributed by atoms with Gasteiger partial charge >= 0.3 is 11.9 Å². The highest BCUT2D eigenvalue weighted by atomic mass is 19.1. The first-order valence-corrected chi connectivity index (χ1v) is 12.6. The predicted molar refractivity (Wildman–Crippen MR) is 144 cm³/mol. The van der Waals surface area contributed by atoms with Gasteiger partial charge in [-0.05, 0) is 75.1 Å². The summed E-state index contributed by atoms with van der Waals surface area (Å²) in [5.74, 6) is -0.644. The van der Waals surface area contributed by atoms with Gasteiger partial charge < -0.3 is 14.2 Å². The molecule has 0 aliphatic rings. The summed E-state index contributed by atoms with van der Waals surface area (Å²) in [7, 11) is 2.83. The molecular weight excluding hydrogens is 487 g/mol. The van der Waals surface area contributed by atoms with Crippen LogP contribution in [-0.4, -0.2) is 48.1 Å². The van der Waals surface area contributed by atoms with E-state index in [4.69, 9.17) is 14.2 Å². The van der Waals surface area contributed by atoms with E-state index in [1.807, 2.05) is 6.07 Å². The van der Waals surface area contributed by atoms with E-state index in [9.17, 15) is 14.0 Å². The molecule has 7 nitrogen and oxygen atoms in total. The van der Waals surface area contributed by atoms with Gasteiger partial charge in [0.05, 0.1) is 26.0 Å². The fraction of sp³-hybridized carbons (Fsp3) is 0.367. The molecule has 0 aliphatic carbocycles. The second kappa shape index (κ2) is 13.1. The van der Waals surface area contributed by atoms with Crippen molar-refractivity contribution in [3.8, 4) is 22.8 Å². The summed E-state index contributed by atoms with van der Waals surface area (Å²) in [4.78, 5) is 30.8. The van der Waals surface area contributed by atoms with Crippen molar-refractivity contribution in [3.05, 3.63) is 77.2 Å². The molecule has 2 aromatic carbocycles.